The van der Waals surface area contributed by atoms with Gasteiger partial charge in [-0.1, -0.05) is 30.3 Å². The van der Waals surface area contributed by atoms with Gasteiger partial charge in [-0.05, 0) is 25.0 Å². The molecule has 0 aromatic heterocycles. The maximum absolute atomic E-state index is 12.5. The van der Waals surface area contributed by atoms with Crippen molar-refractivity contribution >= 4 is 17.8 Å². The maximum Gasteiger partial charge on any atom is 0.245 e. The van der Waals surface area contributed by atoms with Crippen LogP contribution >= 0.6 is 0 Å². The van der Waals surface area contributed by atoms with E-state index in [1.165, 1.54) is 0 Å². The fourth-order valence-electron chi connectivity index (χ4n) is 2.44. The first-order chi connectivity index (χ1) is 11.0. The Morgan fingerprint density at radius 1 is 1.35 bits per heavy atom. The number of nitrogens with zero attached hydrogens (tertiary/aromatic N) is 2. The fourth-order valence-corrected chi connectivity index (χ4v) is 2.44. The van der Waals surface area contributed by atoms with E-state index in [1.807, 2.05) is 44.2 Å². The predicted octanol–water partition coefficient (Wildman–Crippen LogP) is 0.619. The zero-order valence-corrected chi connectivity index (χ0v) is 13.1. The highest BCUT2D eigenvalue weighted by molar-refractivity contribution is 6.05. The number of allylic oxidation sites excluding steroid dienone is 1. The lowest BCUT2D eigenvalue weighted by molar-refractivity contribution is -0.132. The molecule has 1 unspecified atom stereocenters. The molecule has 7 heteroatoms. The highest BCUT2D eigenvalue weighted by atomic mass is 16.2. The van der Waals surface area contributed by atoms with E-state index in [1.54, 1.807) is 5.01 Å². The number of rotatable bonds is 3. The zero-order chi connectivity index (χ0) is 16.4. The number of nitrogens with one attached hydrogen (secondary N) is 3. The van der Waals surface area contributed by atoms with Crippen LogP contribution in [0.15, 0.2) is 46.7 Å². The molecule has 2 heterocycles. The Hall–Kier alpha value is -2.83. The summed E-state index contributed by atoms with van der Waals surface area (Å²) in [5.74, 6) is 0.607. The third-order valence-electron chi connectivity index (χ3n) is 3.70. The summed E-state index contributed by atoms with van der Waals surface area (Å²) in [5.41, 5.74) is 5.06. The van der Waals surface area contributed by atoms with Gasteiger partial charge < -0.3 is 5.32 Å². The van der Waals surface area contributed by atoms with E-state index < -0.39 is 6.04 Å². The van der Waals surface area contributed by atoms with Crippen LogP contribution in [-0.4, -0.2) is 28.8 Å². The first kappa shape index (κ1) is 15.1. The number of hydrogen-bond donors (Lipinski definition) is 3. The number of fused-ring (bicyclic) bond motifs is 1. The molecule has 1 saturated heterocycles. The van der Waals surface area contributed by atoms with E-state index in [0.29, 0.717) is 18.3 Å². The van der Waals surface area contributed by atoms with E-state index in [-0.39, 0.29) is 18.2 Å². The first-order valence-electron chi connectivity index (χ1n) is 7.48. The Labute approximate surface area is 134 Å². The molecule has 0 radical (unpaired) electrons. The zero-order valence-electron chi connectivity index (χ0n) is 13.1. The van der Waals surface area contributed by atoms with Gasteiger partial charge in [0, 0.05) is 6.54 Å². The summed E-state index contributed by atoms with van der Waals surface area (Å²) >= 11 is 0. The van der Waals surface area contributed by atoms with Crippen molar-refractivity contribution in [2.75, 3.05) is 0 Å². The highest BCUT2D eigenvalue weighted by Crippen LogP contribution is 2.18. The van der Waals surface area contributed by atoms with Gasteiger partial charge in [0.25, 0.3) is 0 Å². The lowest BCUT2D eigenvalue weighted by atomic mass is 10.1. The van der Waals surface area contributed by atoms with Crippen LogP contribution in [0, 0.1) is 0 Å². The molecule has 1 fully saturated rings. The van der Waals surface area contributed by atoms with Gasteiger partial charge in [0.05, 0.1) is 6.42 Å². The normalized spacial score (nSPS) is 19.5. The van der Waals surface area contributed by atoms with E-state index in [2.05, 4.69) is 21.1 Å². The summed E-state index contributed by atoms with van der Waals surface area (Å²) in [7, 11) is 0. The van der Waals surface area contributed by atoms with Gasteiger partial charge in [-0.3, -0.25) is 20.3 Å². The summed E-state index contributed by atoms with van der Waals surface area (Å²) in [4.78, 5) is 28.6. The number of amides is 2. The van der Waals surface area contributed by atoms with Crippen LogP contribution in [0.4, 0.5) is 0 Å². The second-order valence-corrected chi connectivity index (χ2v) is 5.74. The van der Waals surface area contributed by atoms with Crippen LogP contribution < -0.4 is 16.1 Å². The molecule has 0 bridgehead atoms. The number of hydrazine groups is 1. The average molecular weight is 313 g/mol. The topological polar surface area (TPSA) is 85.8 Å². The van der Waals surface area contributed by atoms with Gasteiger partial charge in [-0.25, -0.2) is 5.01 Å². The Bertz CT molecular complexity index is 692. The smallest absolute Gasteiger partial charge is 0.245 e. The minimum absolute atomic E-state index is 0.0860. The van der Waals surface area contributed by atoms with Gasteiger partial charge in [0.2, 0.25) is 17.8 Å². The summed E-state index contributed by atoms with van der Waals surface area (Å²) < 4.78 is 0. The Kier molecular flexibility index (Phi) is 4.01. The largest absolute Gasteiger partial charge is 0.350 e. The van der Waals surface area contributed by atoms with Crippen molar-refractivity contribution < 1.29 is 9.59 Å². The van der Waals surface area contributed by atoms with Crippen molar-refractivity contribution in [3.8, 4) is 0 Å². The minimum Gasteiger partial charge on any atom is -0.350 e. The molecular formula is C16H19N5O2. The average Bonchev–Trinajstić information content (AvgIpc) is 2.97. The molecule has 2 amide bonds. The van der Waals surface area contributed by atoms with Crippen LogP contribution in [0.5, 0.6) is 0 Å². The molecule has 0 spiro atoms. The third-order valence-corrected chi connectivity index (χ3v) is 3.70. The van der Waals surface area contributed by atoms with Crippen molar-refractivity contribution in [2.24, 2.45) is 4.99 Å². The molecule has 3 N–H and O–H groups in total. The lowest BCUT2D eigenvalue weighted by Gasteiger charge is -2.32. The van der Waals surface area contributed by atoms with Crippen LogP contribution in [0.25, 0.3) is 0 Å². The van der Waals surface area contributed by atoms with E-state index in [0.717, 1.165) is 11.1 Å². The Morgan fingerprint density at radius 3 is 2.78 bits per heavy atom. The van der Waals surface area contributed by atoms with Crippen molar-refractivity contribution in [3.63, 3.8) is 0 Å². The van der Waals surface area contributed by atoms with Gasteiger partial charge in [0.1, 0.15) is 11.9 Å². The quantitative estimate of drug-likeness (QED) is 0.763. The van der Waals surface area contributed by atoms with E-state index in [9.17, 15) is 9.59 Å². The van der Waals surface area contributed by atoms with Gasteiger partial charge in [0.15, 0.2) is 0 Å². The second kappa shape index (κ2) is 6.12. The summed E-state index contributed by atoms with van der Waals surface area (Å²) in [6, 6.07) is 9.02. The van der Waals surface area contributed by atoms with Gasteiger partial charge in [-0.15, -0.1) is 0 Å². The predicted molar refractivity (Wildman–Crippen MR) is 85.6 cm³/mol. The minimum atomic E-state index is -0.622. The van der Waals surface area contributed by atoms with E-state index >= 15 is 0 Å². The molecule has 0 aliphatic carbocycles. The third kappa shape index (κ3) is 3.18. The molecule has 1 aromatic rings. The Morgan fingerprint density at radius 2 is 2.09 bits per heavy atom. The van der Waals surface area contributed by atoms with Crippen molar-refractivity contribution in [1.82, 2.24) is 21.1 Å². The number of carbonyl (C=O) groups is 2. The van der Waals surface area contributed by atoms with E-state index in [4.69, 9.17) is 0 Å². The molecule has 2 aliphatic rings. The number of benzene rings is 1. The summed E-state index contributed by atoms with van der Waals surface area (Å²) in [6.07, 6.45) is 0.0860. The van der Waals surface area contributed by atoms with Gasteiger partial charge in [-0.2, -0.15) is 4.99 Å². The number of aliphatic imine (C=N–C) groups is 1. The molecule has 0 saturated carbocycles. The molecule has 7 nitrogen and oxygen atoms in total. The van der Waals surface area contributed by atoms with Crippen molar-refractivity contribution in [2.45, 2.75) is 32.9 Å². The molecular weight excluding hydrogens is 294 g/mol. The second-order valence-electron chi connectivity index (χ2n) is 5.74. The molecule has 3 rings (SSSR count). The van der Waals surface area contributed by atoms with Crippen molar-refractivity contribution in [3.05, 3.63) is 47.3 Å². The summed E-state index contributed by atoms with van der Waals surface area (Å²) in [5, 5.41) is 7.17. The van der Waals surface area contributed by atoms with Crippen LogP contribution in [0.1, 0.15) is 25.8 Å². The Balaban J connectivity index is 1.71. The van der Waals surface area contributed by atoms with Gasteiger partial charge >= 0.3 is 0 Å². The molecule has 23 heavy (non-hydrogen) atoms. The van der Waals surface area contributed by atoms with Crippen LogP contribution in [-0.2, 0) is 16.1 Å². The molecule has 1 atom stereocenters. The summed E-state index contributed by atoms with van der Waals surface area (Å²) in [6.45, 7) is 4.25. The molecule has 1 aromatic carbocycles. The van der Waals surface area contributed by atoms with Crippen LogP contribution in [0.2, 0.25) is 0 Å². The SMILES string of the molecule is CC(C)=C1N=C2NC(=O)CC(C(=O)NCc3ccccc3)N2N1. The van der Waals surface area contributed by atoms with Crippen LogP contribution in [0.3, 0.4) is 0 Å². The monoisotopic (exact) mass is 313 g/mol. The standard InChI is InChI=1S/C16H19N5O2/c1-10(2)14-19-16-18-13(22)8-12(21(16)20-14)15(23)17-9-11-6-4-3-5-7-11/h3-7,12,20H,8-9H2,1-2H3,(H,17,23)(H,18,19,22). The number of carbonyl (C=O) groups excluding carboxylic acids is 2. The molecule has 120 valence electrons. The highest BCUT2D eigenvalue weighted by Gasteiger charge is 2.39. The maximum atomic E-state index is 12.5. The number of hydrogen-bond acceptors (Lipinski definition) is 5. The lowest BCUT2D eigenvalue weighted by Crippen LogP contribution is -2.61. The number of guanidine groups is 1. The van der Waals surface area contributed by atoms with Crippen molar-refractivity contribution in [1.29, 1.82) is 0 Å². The first-order valence-corrected chi connectivity index (χ1v) is 7.48. The molecule has 2 aliphatic heterocycles. The fraction of sp³-hybridized carbons (Fsp3) is 0.312.